The molecule has 0 aromatic heterocycles. The Kier molecular flexibility index (Phi) is 6.98. The zero-order chi connectivity index (χ0) is 22.2. The van der Waals surface area contributed by atoms with Crippen LogP contribution < -0.4 is 15.5 Å². The number of fused-ring (bicyclic) bond motifs is 1. The van der Waals surface area contributed by atoms with Crippen LogP contribution in [0.5, 0.6) is 5.75 Å². The summed E-state index contributed by atoms with van der Waals surface area (Å²) in [4.78, 5) is 18.3. The number of aliphatic imine (C=N–C) groups is 1. The van der Waals surface area contributed by atoms with Crippen LogP contribution in [0, 0.1) is 0 Å². The molecule has 8 heteroatoms. The second-order valence-corrected chi connectivity index (χ2v) is 11.1. The molecule has 3 rings (SSSR count). The monoisotopic (exact) mass is 555 g/mol. The quantitative estimate of drug-likeness (QED) is 0.288. The summed E-state index contributed by atoms with van der Waals surface area (Å²) in [6.45, 7) is 7.92. The maximum atomic E-state index is 13.6. The minimum atomic E-state index is -0.348. The van der Waals surface area contributed by atoms with Gasteiger partial charge in [0.25, 0.3) is 0 Å². The van der Waals surface area contributed by atoms with E-state index in [9.17, 15) is 9.90 Å². The van der Waals surface area contributed by atoms with Gasteiger partial charge in [0, 0.05) is 0 Å². The van der Waals surface area contributed by atoms with Crippen LogP contribution in [0.4, 0.5) is 11.4 Å². The second-order valence-electron chi connectivity index (χ2n) is 7.53. The summed E-state index contributed by atoms with van der Waals surface area (Å²) in [6, 6.07) is 7.16. The first kappa shape index (κ1) is 22.9. The zero-order valence-electron chi connectivity index (χ0n) is 17.1. The van der Waals surface area contributed by atoms with Crippen molar-refractivity contribution in [2.24, 2.45) is 4.99 Å². The number of halogens is 2. The van der Waals surface area contributed by atoms with Gasteiger partial charge in [0.05, 0.1) is 0 Å². The van der Waals surface area contributed by atoms with E-state index in [0.717, 1.165) is 4.46 Å². The number of rotatable bonds is 5. The van der Waals surface area contributed by atoms with Crippen molar-refractivity contribution in [3.05, 3.63) is 55.4 Å². The van der Waals surface area contributed by atoms with E-state index < -0.39 is 0 Å². The molecule has 0 atom stereocenters. The molecule has 2 aromatic rings. The molecule has 0 aliphatic heterocycles. The van der Waals surface area contributed by atoms with Gasteiger partial charge < -0.3 is 0 Å². The Labute approximate surface area is 196 Å². The molecular formula is C22H23BrClN3O2Se. The number of allylic oxidation sites excluding steroid dienone is 2. The Morgan fingerprint density at radius 2 is 1.90 bits per heavy atom. The Hall–Kier alpha value is -1.79. The molecular weight excluding hydrogens is 533 g/mol. The van der Waals surface area contributed by atoms with Gasteiger partial charge in [-0.15, -0.1) is 0 Å². The summed E-state index contributed by atoms with van der Waals surface area (Å²) in [5.74, 6) is -0.117. The predicted molar refractivity (Wildman–Crippen MR) is 130 cm³/mol. The van der Waals surface area contributed by atoms with Crippen molar-refractivity contribution < 1.29 is 9.90 Å². The number of hydrogen-bond donors (Lipinski definition) is 3. The van der Waals surface area contributed by atoms with Gasteiger partial charge in [-0.25, -0.2) is 0 Å². The van der Waals surface area contributed by atoms with Crippen molar-refractivity contribution in [1.29, 1.82) is 0 Å². The van der Waals surface area contributed by atoms with Crippen LogP contribution >= 0.6 is 27.5 Å². The summed E-state index contributed by atoms with van der Waals surface area (Å²) in [5, 5.41) is 14.7. The van der Waals surface area contributed by atoms with Crippen LogP contribution in [0.1, 0.15) is 43.6 Å². The number of Topliss-reactive ketones (excluding diaryl/α,β-unsaturated/α-hetero) is 1. The fourth-order valence-electron chi connectivity index (χ4n) is 3.12. The molecule has 0 bridgehead atoms. The normalized spacial score (nSPS) is 15.0. The number of hydrogen-bond acceptors (Lipinski definition) is 5. The predicted octanol–water partition coefficient (Wildman–Crippen LogP) is 4.52. The van der Waals surface area contributed by atoms with Crippen LogP contribution in [0.3, 0.4) is 0 Å². The number of ketones is 1. The molecule has 0 unspecified atom stereocenters. The number of nitrogens with zero attached hydrogens (tertiary/aromatic N) is 1. The summed E-state index contributed by atoms with van der Waals surface area (Å²) in [7, 11) is 0. The average molecular weight is 556 g/mol. The number of carbonyl (C=O) groups is 1. The molecule has 0 amide bonds. The van der Waals surface area contributed by atoms with E-state index >= 15 is 0 Å². The van der Waals surface area contributed by atoms with Gasteiger partial charge in [-0.2, -0.15) is 0 Å². The van der Waals surface area contributed by atoms with Gasteiger partial charge in [-0.1, -0.05) is 0 Å². The number of nitrogen functional groups attached to an aromatic ring is 1. The number of carbonyl (C=O) groups excluding carboxylic acids is 1. The first-order chi connectivity index (χ1) is 14.1. The third-order valence-electron chi connectivity index (χ3n) is 4.26. The molecule has 0 saturated carbocycles. The van der Waals surface area contributed by atoms with E-state index in [-0.39, 0.29) is 38.6 Å². The van der Waals surface area contributed by atoms with E-state index in [1.807, 2.05) is 33.8 Å². The Morgan fingerprint density at radius 1 is 1.20 bits per heavy atom. The number of nitrogens with one attached hydrogen (secondary N) is 1. The van der Waals surface area contributed by atoms with Crippen LogP contribution in [0.25, 0.3) is 0 Å². The maximum absolute atomic E-state index is 13.6. The molecule has 0 radical (unpaired) electrons. The van der Waals surface area contributed by atoms with Gasteiger partial charge in [0.2, 0.25) is 0 Å². The minimum absolute atomic E-state index is 0.00783. The summed E-state index contributed by atoms with van der Waals surface area (Å²) in [6.07, 6.45) is 1.78. The van der Waals surface area contributed by atoms with Crippen LogP contribution in [0.2, 0.25) is 5.02 Å². The van der Waals surface area contributed by atoms with Crippen molar-refractivity contribution in [1.82, 2.24) is 0 Å². The molecule has 5 nitrogen and oxygen atoms in total. The van der Waals surface area contributed by atoms with Crippen molar-refractivity contribution in [2.75, 3.05) is 11.1 Å². The average Bonchev–Trinajstić information content (AvgIpc) is 2.63. The fourth-order valence-corrected chi connectivity index (χ4v) is 5.65. The van der Waals surface area contributed by atoms with Gasteiger partial charge in [0.1, 0.15) is 0 Å². The van der Waals surface area contributed by atoms with E-state index in [1.54, 1.807) is 24.3 Å². The number of aromatic hydroxyl groups is 1. The Morgan fingerprint density at radius 3 is 2.50 bits per heavy atom. The second kappa shape index (κ2) is 9.14. The van der Waals surface area contributed by atoms with Crippen molar-refractivity contribution in [3.8, 4) is 5.75 Å². The fraction of sp³-hybridized carbons (Fsp3) is 0.273. The van der Waals surface area contributed by atoms with Gasteiger partial charge >= 0.3 is 197 Å². The van der Waals surface area contributed by atoms with Crippen molar-refractivity contribution in [2.45, 2.75) is 39.8 Å². The van der Waals surface area contributed by atoms with Crippen LogP contribution in [-0.4, -0.2) is 43.6 Å². The number of anilines is 2. The van der Waals surface area contributed by atoms with Gasteiger partial charge in [-0.3, -0.25) is 0 Å². The van der Waals surface area contributed by atoms with E-state index in [2.05, 4.69) is 21.2 Å². The van der Waals surface area contributed by atoms with E-state index in [4.69, 9.17) is 22.3 Å². The van der Waals surface area contributed by atoms with E-state index in [0.29, 0.717) is 42.2 Å². The standard InChI is InChI=1S/C22H23BrClN3O2Se/c1-10(2)26-15-8-13(23)21(28)19-16(27-11(3)4)9-18(22(29)20(15)19)30-17-6-5-12(24)7-14(17)25/h5-11,26,28H,25H2,1-4H3. The number of phenolic OH excluding ortho intramolecular Hbond substituents is 1. The molecule has 1 aliphatic carbocycles. The third-order valence-corrected chi connectivity index (χ3v) is 7.44. The van der Waals surface area contributed by atoms with Crippen LogP contribution in [0.15, 0.2) is 44.3 Å². The number of phenols is 1. The van der Waals surface area contributed by atoms with E-state index in [1.165, 1.54) is 0 Å². The summed E-state index contributed by atoms with van der Waals surface area (Å²) >= 11 is 9.09. The molecule has 158 valence electrons. The molecule has 0 fully saturated rings. The molecule has 0 heterocycles. The first-order valence-corrected chi connectivity index (χ1v) is 12.4. The molecule has 2 aromatic carbocycles. The topological polar surface area (TPSA) is 87.7 Å². The summed E-state index contributed by atoms with van der Waals surface area (Å²) in [5.41, 5.74) is 8.85. The summed E-state index contributed by atoms with van der Waals surface area (Å²) < 4.78 is 2.01. The number of nitrogens with two attached hydrogens (primary N) is 1. The first-order valence-electron chi connectivity index (χ1n) is 9.48. The van der Waals surface area contributed by atoms with Crippen molar-refractivity contribution in [3.63, 3.8) is 0 Å². The molecule has 0 saturated heterocycles. The Bertz CT molecular complexity index is 1080. The molecule has 4 N–H and O–H groups in total. The third kappa shape index (κ3) is 4.75. The SMILES string of the molecule is CC(C)N=C1C=C([Se]c2ccc(Cl)cc2N)C(=O)c2c(NC(C)C)cc(Br)c(O)c21. The van der Waals surface area contributed by atoms with Gasteiger partial charge in [0.15, 0.2) is 0 Å². The molecule has 0 spiro atoms. The zero-order valence-corrected chi connectivity index (χ0v) is 21.1. The van der Waals surface area contributed by atoms with Gasteiger partial charge in [-0.05, 0) is 0 Å². The van der Waals surface area contributed by atoms with Crippen LogP contribution in [-0.2, 0) is 0 Å². The number of benzene rings is 2. The molecule has 1 aliphatic rings. The molecule has 30 heavy (non-hydrogen) atoms. The van der Waals surface area contributed by atoms with Crippen molar-refractivity contribution >= 4 is 69.8 Å². The Balaban J connectivity index is 2.20.